The maximum absolute atomic E-state index is 12.9. The summed E-state index contributed by atoms with van der Waals surface area (Å²) in [7, 11) is -3.76. The van der Waals surface area contributed by atoms with Gasteiger partial charge in [-0.1, -0.05) is 103 Å². The zero-order valence-corrected chi connectivity index (χ0v) is 28.0. The SMILES string of the molecule is C=C[C@@H](C[C@H](C[C@@H](CCc1ccccc1)O[Si](CC)(CC)CC)O[Si](CC)(CC)CC)OC(=O)c1ccccc1. The Morgan fingerprint density at radius 1 is 0.725 bits per heavy atom. The molecule has 0 aromatic heterocycles. The Morgan fingerprint density at radius 3 is 1.68 bits per heavy atom. The molecule has 0 N–H and O–H groups in total. The van der Waals surface area contributed by atoms with Crippen LogP contribution in [0, 0.1) is 0 Å². The third-order valence-electron chi connectivity index (χ3n) is 8.85. The monoisotopic (exact) mass is 582 g/mol. The van der Waals surface area contributed by atoms with Crippen LogP contribution < -0.4 is 0 Å². The van der Waals surface area contributed by atoms with Crippen LogP contribution in [0.2, 0.25) is 36.3 Å². The van der Waals surface area contributed by atoms with E-state index in [-0.39, 0.29) is 18.2 Å². The highest BCUT2D eigenvalue weighted by Crippen LogP contribution is 2.31. The van der Waals surface area contributed by atoms with Crippen molar-refractivity contribution < 1.29 is 18.4 Å². The minimum absolute atomic E-state index is 0.0591. The van der Waals surface area contributed by atoms with Crippen LogP contribution in [-0.2, 0) is 20.0 Å². The number of hydrogen-bond acceptors (Lipinski definition) is 4. The zero-order valence-electron chi connectivity index (χ0n) is 26.0. The molecule has 0 heterocycles. The van der Waals surface area contributed by atoms with E-state index in [0.29, 0.717) is 12.0 Å². The Morgan fingerprint density at radius 2 is 1.20 bits per heavy atom. The van der Waals surface area contributed by atoms with E-state index in [9.17, 15) is 4.79 Å². The van der Waals surface area contributed by atoms with Crippen LogP contribution in [0.15, 0.2) is 73.3 Å². The largest absolute Gasteiger partial charge is 0.454 e. The van der Waals surface area contributed by atoms with Gasteiger partial charge in [-0.15, -0.1) is 0 Å². The van der Waals surface area contributed by atoms with Crippen molar-refractivity contribution in [1.29, 1.82) is 0 Å². The van der Waals surface area contributed by atoms with Gasteiger partial charge in [0.15, 0.2) is 16.6 Å². The molecule has 0 aliphatic carbocycles. The second-order valence-electron chi connectivity index (χ2n) is 11.0. The summed E-state index contributed by atoms with van der Waals surface area (Å²) in [6.45, 7) is 17.7. The summed E-state index contributed by atoms with van der Waals surface area (Å²) in [4.78, 5) is 12.9. The molecule has 6 heteroatoms. The number of benzene rings is 2. The van der Waals surface area contributed by atoms with E-state index in [1.54, 1.807) is 18.2 Å². The Kier molecular flexibility index (Phi) is 15.2. The lowest BCUT2D eigenvalue weighted by Crippen LogP contribution is -2.45. The van der Waals surface area contributed by atoms with Crippen molar-refractivity contribution in [2.45, 2.75) is 122 Å². The number of aryl methyl sites for hydroxylation is 1. The van der Waals surface area contributed by atoms with Crippen molar-refractivity contribution in [3.8, 4) is 0 Å². The number of hydrogen-bond donors (Lipinski definition) is 0. The second kappa shape index (κ2) is 17.7. The molecule has 2 aromatic rings. The van der Waals surface area contributed by atoms with Crippen molar-refractivity contribution in [1.82, 2.24) is 0 Å². The molecule has 0 amide bonds. The number of rotatable bonds is 20. The van der Waals surface area contributed by atoms with Crippen LogP contribution in [0.4, 0.5) is 0 Å². The highest BCUT2D eigenvalue weighted by atomic mass is 28.4. The van der Waals surface area contributed by atoms with Crippen LogP contribution in [0.25, 0.3) is 0 Å². The molecule has 0 spiro atoms. The van der Waals surface area contributed by atoms with Gasteiger partial charge >= 0.3 is 5.97 Å². The van der Waals surface area contributed by atoms with Crippen molar-refractivity contribution >= 4 is 22.6 Å². The van der Waals surface area contributed by atoms with Gasteiger partial charge < -0.3 is 13.6 Å². The molecule has 222 valence electrons. The number of esters is 1. The lowest BCUT2D eigenvalue weighted by molar-refractivity contribution is 0.0217. The maximum Gasteiger partial charge on any atom is 0.338 e. The summed E-state index contributed by atoms with van der Waals surface area (Å²) >= 11 is 0. The Labute approximate surface area is 246 Å². The Bertz CT molecular complexity index is 957. The third kappa shape index (κ3) is 10.4. The molecule has 2 aromatic carbocycles. The Balaban J connectivity index is 2.33. The maximum atomic E-state index is 12.9. The lowest BCUT2D eigenvalue weighted by Gasteiger charge is -2.38. The van der Waals surface area contributed by atoms with Gasteiger partial charge in [-0.25, -0.2) is 4.79 Å². The van der Waals surface area contributed by atoms with Crippen molar-refractivity contribution in [2.24, 2.45) is 0 Å². The molecule has 0 bridgehead atoms. The molecule has 0 saturated carbocycles. The highest BCUT2D eigenvalue weighted by Gasteiger charge is 2.37. The van der Waals surface area contributed by atoms with Gasteiger partial charge in [0.2, 0.25) is 0 Å². The predicted octanol–water partition coefficient (Wildman–Crippen LogP) is 9.59. The van der Waals surface area contributed by atoms with Gasteiger partial charge in [-0.05, 0) is 73.2 Å². The molecule has 4 nitrogen and oxygen atoms in total. The van der Waals surface area contributed by atoms with E-state index in [0.717, 1.165) is 55.5 Å². The van der Waals surface area contributed by atoms with Crippen LogP contribution >= 0.6 is 0 Å². The topological polar surface area (TPSA) is 44.8 Å². The fraction of sp³-hybridized carbons (Fsp3) is 0.559. The third-order valence-corrected chi connectivity index (χ3v) is 18.2. The van der Waals surface area contributed by atoms with E-state index in [1.807, 2.05) is 18.2 Å². The van der Waals surface area contributed by atoms with Crippen molar-refractivity contribution in [2.75, 3.05) is 0 Å². The minimum Gasteiger partial charge on any atom is -0.454 e. The molecule has 0 aliphatic rings. The summed E-state index contributed by atoms with van der Waals surface area (Å²) in [5, 5.41) is 0. The second-order valence-corrected chi connectivity index (χ2v) is 20.5. The molecule has 3 atom stereocenters. The van der Waals surface area contributed by atoms with Gasteiger partial charge in [-0.2, -0.15) is 0 Å². The normalized spacial score (nSPS) is 14.3. The molecule has 0 fully saturated rings. The van der Waals surface area contributed by atoms with Crippen LogP contribution in [0.3, 0.4) is 0 Å². The summed E-state index contributed by atoms with van der Waals surface area (Å²) in [6.07, 6.45) is 4.72. The van der Waals surface area contributed by atoms with Crippen LogP contribution in [0.1, 0.15) is 76.7 Å². The van der Waals surface area contributed by atoms with Gasteiger partial charge in [0, 0.05) is 12.5 Å². The minimum atomic E-state index is -1.92. The molecule has 0 unspecified atom stereocenters. The van der Waals surface area contributed by atoms with Gasteiger partial charge in [0.1, 0.15) is 6.10 Å². The average molecular weight is 583 g/mol. The number of carbonyl (C=O) groups is 1. The molecule has 0 radical (unpaired) electrons. The summed E-state index contributed by atoms with van der Waals surface area (Å²) in [5.74, 6) is -0.319. The molecular weight excluding hydrogens is 529 g/mol. The quantitative estimate of drug-likeness (QED) is 0.0886. The highest BCUT2D eigenvalue weighted by molar-refractivity contribution is 6.74. The predicted molar refractivity (Wildman–Crippen MR) is 174 cm³/mol. The van der Waals surface area contributed by atoms with Crippen molar-refractivity contribution in [3.05, 3.63) is 84.4 Å². The van der Waals surface area contributed by atoms with Gasteiger partial charge in [0.05, 0.1) is 11.7 Å². The first kappa shape index (κ1) is 34.2. The Hall–Kier alpha value is -2.00. The van der Waals surface area contributed by atoms with Gasteiger partial charge in [0.25, 0.3) is 0 Å². The average Bonchev–Trinajstić information content (AvgIpc) is 3.01. The number of ether oxygens (including phenoxy) is 1. The van der Waals surface area contributed by atoms with Gasteiger partial charge in [-0.3, -0.25) is 0 Å². The first-order valence-corrected chi connectivity index (χ1v) is 20.7. The first-order valence-electron chi connectivity index (χ1n) is 15.6. The fourth-order valence-electron chi connectivity index (χ4n) is 5.62. The van der Waals surface area contributed by atoms with E-state index < -0.39 is 22.7 Å². The molecule has 40 heavy (non-hydrogen) atoms. The fourth-order valence-corrected chi connectivity index (χ4v) is 11.4. The zero-order chi connectivity index (χ0) is 29.4. The van der Waals surface area contributed by atoms with Crippen LogP contribution in [0.5, 0.6) is 0 Å². The molecule has 0 aliphatic heterocycles. The molecule has 2 rings (SSSR count). The standard InChI is InChI=1S/C34H54O4Si2/c1-8-31(36-34(35)30-23-19-16-20-24-30)27-33(38-40(12-5,13-6)14-7)28-32(37-39(9-2,10-3)11-4)26-25-29-21-17-15-18-22-29/h8,15-24,31-33H,1,9-14,25-28H2,2-7H3/t31-,32+,33+/m0/s1. The summed E-state index contributed by atoms with van der Waals surface area (Å²) in [5.41, 5.74) is 1.89. The van der Waals surface area contributed by atoms with Crippen LogP contribution in [-0.4, -0.2) is 40.9 Å². The van der Waals surface area contributed by atoms with Crippen molar-refractivity contribution in [3.63, 3.8) is 0 Å². The first-order chi connectivity index (χ1) is 19.3. The summed E-state index contributed by atoms with van der Waals surface area (Å²) in [6, 6.07) is 26.5. The number of carbonyl (C=O) groups excluding carboxylic acids is 1. The van der Waals surface area contributed by atoms with E-state index in [4.69, 9.17) is 13.6 Å². The van der Waals surface area contributed by atoms with E-state index in [1.165, 1.54) is 5.56 Å². The lowest BCUT2D eigenvalue weighted by atomic mass is 10.00. The molecule has 0 saturated heterocycles. The summed E-state index contributed by atoms with van der Waals surface area (Å²) < 4.78 is 20.3. The smallest absolute Gasteiger partial charge is 0.338 e. The van der Waals surface area contributed by atoms with E-state index in [2.05, 4.69) is 78.5 Å². The molecular formula is C34H54O4Si2. The van der Waals surface area contributed by atoms with E-state index >= 15 is 0 Å².